The Labute approximate surface area is 117 Å². The smallest absolute Gasteiger partial charge is 0.128 e. The van der Waals surface area contributed by atoms with Gasteiger partial charge in [0.25, 0.3) is 0 Å². The van der Waals surface area contributed by atoms with Crippen LogP contribution in [0.4, 0.5) is 5.82 Å². The van der Waals surface area contributed by atoms with Gasteiger partial charge < -0.3 is 10.2 Å². The average Bonchev–Trinajstić information content (AvgIpc) is 2.40. The zero-order valence-electron chi connectivity index (χ0n) is 12.7. The molecule has 2 heterocycles. The molecule has 19 heavy (non-hydrogen) atoms. The maximum atomic E-state index is 4.65. The first-order valence-corrected chi connectivity index (χ1v) is 7.53. The van der Waals surface area contributed by atoms with Crippen molar-refractivity contribution in [3.05, 3.63) is 23.9 Å². The van der Waals surface area contributed by atoms with Crippen LogP contribution in [0, 0.1) is 5.92 Å². The second-order valence-electron chi connectivity index (χ2n) is 6.11. The zero-order chi connectivity index (χ0) is 13.8. The number of anilines is 1. The topological polar surface area (TPSA) is 28.2 Å². The van der Waals surface area contributed by atoms with E-state index in [0.717, 1.165) is 24.8 Å². The predicted molar refractivity (Wildman–Crippen MR) is 81.4 cm³/mol. The van der Waals surface area contributed by atoms with Crippen LogP contribution in [0.25, 0.3) is 0 Å². The lowest BCUT2D eigenvalue weighted by molar-refractivity contribution is 0.361. The second kappa shape index (κ2) is 6.38. The van der Waals surface area contributed by atoms with Crippen molar-refractivity contribution in [3.8, 4) is 0 Å². The molecule has 1 aromatic heterocycles. The van der Waals surface area contributed by atoms with Crippen LogP contribution >= 0.6 is 0 Å². The SMILES string of the molecule is CC(C)NCc1ccc(N2CCCC(C)C2C)nc1. The molecule has 0 saturated carbocycles. The van der Waals surface area contributed by atoms with Gasteiger partial charge in [-0.3, -0.25) is 0 Å². The molecule has 1 N–H and O–H groups in total. The van der Waals surface area contributed by atoms with Gasteiger partial charge in [-0.2, -0.15) is 0 Å². The molecule has 0 aromatic carbocycles. The number of nitrogens with one attached hydrogen (secondary N) is 1. The van der Waals surface area contributed by atoms with Gasteiger partial charge >= 0.3 is 0 Å². The van der Waals surface area contributed by atoms with E-state index in [1.54, 1.807) is 0 Å². The molecule has 1 aromatic rings. The standard InChI is InChI=1S/C16H27N3/c1-12(2)17-10-15-7-8-16(18-11-15)19-9-5-6-13(3)14(19)4/h7-8,11-14,17H,5-6,9-10H2,1-4H3. The highest BCUT2D eigenvalue weighted by atomic mass is 15.2. The lowest BCUT2D eigenvalue weighted by Gasteiger charge is -2.38. The van der Waals surface area contributed by atoms with E-state index in [9.17, 15) is 0 Å². The molecule has 2 atom stereocenters. The normalized spacial score (nSPS) is 23.9. The van der Waals surface area contributed by atoms with Crippen LogP contribution in [0.3, 0.4) is 0 Å². The van der Waals surface area contributed by atoms with Crippen LogP contribution < -0.4 is 10.2 Å². The Balaban J connectivity index is 2.01. The zero-order valence-corrected chi connectivity index (χ0v) is 12.7. The van der Waals surface area contributed by atoms with Crippen LogP contribution in [0.2, 0.25) is 0 Å². The third-order valence-electron chi connectivity index (χ3n) is 4.19. The summed E-state index contributed by atoms with van der Waals surface area (Å²) in [6.07, 6.45) is 4.63. The van der Waals surface area contributed by atoms with Crippen molar-refractivity contribution < 1.29 is 0 Å². The van der Waals surface area contributed by atoms with Crippen molar-refractivity contribution in [3.63, 3.8) is 0 Å². The number of nitrogens with zero attached hydrogens (tertiary/aromatic N) is 2. The molecule has 3 nitrogen and oxygen atoms in total. The molecule has 1 saturated heterocycles. The number of hydrogen-bond acceptors (Lipinski definition) is 3. The lowest BCUT2D eigenvalue weighted by Crippen LogP contribution is -2.42. The van der Waals surface area contributed by atoms with E-state index in [0.29, 0.717) is 12.1 Å². The summed E-state index contributed by atoms with van der Waals surface area (Å²) >= 11 is 0. The van der Waals surface area contributed by atoms with Crippen molar-refractivity contribution in [2.45, 2.75) is 59.2 Å². The van der Waals surface area contributed by atoms with Crippen molar-refractivity contribution in [2.75, 3.05) is 11.4 Å². The van der Waals surface area contributed by atoms with Gasteiger partial charge in [-0.15, -0.1) is 0 Å². The molecule has 0 spiro atoms. The van der Waals surface area contributed by atoms with E-state index in [-0.39, 0.29) is 0 Å². The summed E-state index contributed by atoms with van der Waals surface area (Å²) in [4.78, 5) is 7.10. The quantitative estimate of drug-likeness (QED) is 0.902. The van der Waals surface area contributed by atoms with Gasteiger partial charge in [0, 0.05) is 31.4 Å². The van der Waals surface area contributed by atoms with Gasteiger partial charge in [-0.1, -0.05) is 26.8 Å². The Kier molecular flexibility index (Phi) is 4.81. The fourth-order valence-electron chi connectivity index (χ4n) is 2.67. The molecule has 2 unspecified atom stereocenters. The third kappa shape index (κ3) is 3.69. The fraction of sp³-hybridized carbons (Fsp3) is 0.688. The highest BCUT2D eigenvalue weighted by Crippen LogP contribution is 2.26. The van der Waals surface area contributed by atoms with Gasteiger partial charge in [0.05, 0.1) is 0 Å². The Morgan fingerprint density at radius 2 is 2.16 bits per heavy atom. The predicted octanol–water partition coefficient (Wildman–Crippen LogP) is 3.20. The minimum Gasteiger partial charge on any atom is -0.354 e. The molecule has 2 rings (SSSR count). The number of piperidine rings is 1. The summed E-state index contributed by atoms with van der Waals surface area (Å²) in [6, 6.07) is 5.49. The van der Waals surface area contributed by atoms with Crippen LogP contribution in [-0.2, 0) is 6.54 Å². The van der Waals surface area contributed by atoms with Crippen molar-refractivity contribution in [1.29, 1.82) is 0 Å². The Bertz CT molecular complexity index is 385. The van der Waals surface area contributed by atoms with E-state index >= 15 is 0 Å². The van der Waals surface area contributed by atoms with E-state index < -0.39 is 0 Å². The number of aromatic nitrogens is 1. The molecular formula is C16H27N3. The summed E-state index contributed by atoms with van der Waals surface area (Å²) in [6.45, 7) is 11.0. The minimum absolute atomic E-state index is 0.516. The first-order valence-electron chi connectivity index (χ1n) is 7.53. The van der Waals surface area contributed by atoms with Gasteiger partial charge in [-0.25, -0.2) is 4.98 Å². The number of pyridine rings is 1. The van der Waals surface area contributed by atoms with Crippen LogP contribution in [0.1, 0.15) is 46.1 Å². The van der Waals surface area contributed by atoms with Crippen LogP contribution in [0.15, 0.2) is 18.3 Å². The number of hydrogen-bond donors (Lipinski definition) is 1. The Morgan fingerprint density at radius 1 is 1.37 bits per heavy atom. The second-order valence-corrected chi connectivity index (χ2v) is 6.11. The summed E-state index contributed by atoms with van der Waals surface area (Å²) in [5.41, 5.74) is 1.26. The fourth-order valence-corrected chi connectivity index (χ4v) is 2.67. The highest BCUT2D eigenvalue weighted by molar-refractivity contribution is 5.41. The molecule has 0 aliphatic carbocycles. The van der Waals surface area contributed by atoms with Crippen LogP contribution in [0.5, 0.6) is 0 Å². The van der Waals surface area contributed by atoms with Crippen molar-refractivity contribution in [2.24, 2.45) is 5.92 Å². The molecule has 0 amide bonds. The summed E-state index contributed by atoms with van der Waals surface area (Å²) in [5, 5.41) is 3.42. The van der Waals surface area contributed by atoms with E-state index in [1.165, 1.54) is 18.4 Å². The maximum absolute atomic E-state index is 4.65. The van der Waals surface area contributed by atoms with Crippen molar-refractivity contribution >= 4 is 5.82 Å². The molecule has 106 valence electrons. The Hall–Kier alpha value is -1.09. The van der Waals surface area contributed by atoms with Gasteiger partial charge in [0.15, 0.2) is 0 Å². The summed E-state index contributed by atoms with van der Waals surface area (Å²) < 4.78 is 0. The molecule has 0 bridgehead atoms. The first-order chi connectivity index (χ1) is 9.08. The van der Waals surface area contributed by atoms with E-state index in [1.807, 2.05) is 6.20 Å². The average molecular weight is 261 g/mol. The molecule has 0 radical (unpaired) electrons. The van der Waals surface area contributed by atoms with Crippen molar-refractivity contribution in [1.82, 2.24) is 10.3 Å². The third-order valence-corrected chi connectivity index (χ3v) is 4.19. The molecule has 1 aliphatic rings. The largest absolute Gasteiger partial charge is 0.354 e. The van der Waals surface area contributed by atoms with E-state index in [4.69, 9.17) is 0 Å². The monoisotopic (exact) mass is 261 g/mol. The number of rotatable bonds is 4. The summed E-state index contributed by atoms with van der Waals surface area (Å²) in [5.74, 6) is 1.89. The van der Waals surface area contributed by atoms with Crippen LogP contribution in [-0.4, -0.2) is 23.6 Å². The van der Waals surface area contributed by atoms with Gasteiger partial charge in [0.1, 0.15) is 5.82 Å². The molecule has 3 heteroatoms. The molecule has 1 fully saturated rings. The van der Waals surface area contributed by atoms with Gasteiger partial charge in [0.2, 0.25) is 0 Å². The molecule has 1 aliphatic heterocycles. The summed E-state index contributed by atoms with van der Waals surface area (Å²) in [7, 11) is 0. The lowest BCUT2D eigenvalue weighted by atomic mass is 9.92. The van der Waals surface area contributed by atoms with Gasteiger partial charge in [-0.05, 0) is 37.3 Å². The molecular weight excluding hydrogens is 234 g/mol. The Morgan fingerprint density at radius 3 is 2.79 bits per heavy atom. The van der Waals surface area contributed by atoms with E-state index in [2.05, 4.69) is 55.0 Å². The first kappa shape index (κ1) is 14.3. The minimum atomic E-state index is 0.516. The highest BCUT2D eigenvalue weighted by Gasteiger charge is 2.25. The maximum Gasteiger partial charge on any atom is 0.128 e.